The van der Waals surface area contributed by atoms with Crippen LogP contribution in [0.15, 0.2) is 22.7 Å². The minimum absolute atomic E-state index is 0.167. The molecule has 0 saturated carbocycles. The molecule has 3 heteroatoms. The third-order valence-electron chi connectivity index (χ3n) is 3.23. The van der Waals surface area contributed by atoms with Crippen LogP contribution in [0.1, 0.15) is 39.7 Å². The Labute approximate surface area is 125 Å². The smallest absolute Gasteiger partial charge is 0.137 e. The van der Waals surface area contributed by atoms with E-state index in [2.05, 4.69) is 48.9 Å². The summed E-state index contributed by atoms with van der Waals surface area (Å²) in [6, 6.07) is 5.27. The van der Waals surface area contributed by atoms with Gasteiger partial charge in [-0.2, -0.15) is 0 Å². The second-order valence-electron chi connectivity index (χ2n) is 6.40. The van der Waals surface area contributed by atoms with Crippen molar-refractivity contribution in [3.8, 4) is 0 Å². The molecule has 0 bridgehead atoms. The molecule has 0 amide bonds. The topological polar surface area (TPSA) is 12.0 Å². The number of nitrogens with one attached hydrogen (secondary N) is 1. The molecule has 0 aliphatic heterocycles. The summed E-state index contributed by atoms with van der Waals surface area (Å²) >= 11 is 3.34. The van der Waals surface area contributed by atoms with Gasteiger partial charge in [0.25, 0.3) is 0 Å². The first kappa shape index (κ1) is 16.6. The van der Waals surface area contributed by atoms with Gasteiger partial charge in [-0.1, -0.05) is 39.8 Å². The maximum atomic E-state index is 13.5. The second kappa shape index (κ2) is 7.39. The standard InChI is InChI=1S/C16H25BrFN/c1-12(2)11-19-9-8-16(3,4)10-13-6-5-7-14(18)15(13)17/h5-7,12,19H,8-11H2,1-4H3. The van der Waals surface area contributed by atoms with Crippen LogP contribution in [-0.2, 0) is 6.42 Å². The van der Waals surface area contributed by atoms with Gasteiger partial charge in [0, 0.05) is 0 Å². The summed E-state index contributed by atoms with van der Waals surface area (Å²) in [5.74, 6) is 0.506. The lowest BCUT2D eigenvalue weighted by Crippen LogP contribution is -2.26. The van der Waals surface area contributed by atoms with Crippen molar-refractivity contribution < 1.29 is 4.39 Å². The molecule has 1 N–H and O–H groups in total. The minimum Gasteiger partial charge on any atom is -0.316 e. The van der Waals surface area contributed by atoms with Gasteiger partial charge in [-0.3, -0.25) is 0 Å². The van der Waals surface area contributed by atoms with E-state index < -0.39 is 0 Å². The zero-order valence-electron chi connectivity index (χ0n) is 12.4. The molecule has 0 aliphatic rings. The van der Waals surface area contributed by atoms with Crippen molar-refractivity contribution in [1.29, 1.82) is 0 Å². The van der Waals surface area contributed by atoms with Crippen LogP contribution in [0.5, 0.6) is 0 Å². The number of halogens is 2. The van der Waals surface area contributed by atoms with Crippen LogP contribution in [0.3, 0.4) is 0 Å². The van der Waals surface area contributed by atoms with Crippen LogP contribution >= 0.6 is 15.9 Å². The molecule has 0 spiro atoms. The van der Waals surface area contributed by atoms with Crippen LogP contribution < -0.4 is 5.32 Å². The Morgan fingerprint density at radius 3 is 2.63 bits per heavy atom. The Balaban J connectivity index is 2.51. The number of hydrogen-bond donors (Lipinski definition) is 1. The summed E-state index contributed by atoms with van der Waals surface area (Å²) in [4.78, 5) is 0. The molecule has 19 heavy (non-hydrogen) atoms. The molecule has 0 unspecified atom stereocenters. The van der Waals surface area contributed by atoms with Crippen LogP contribution in [0.25, 0.3) is 0 Å². The number of benzene rings is 1. The Bertz CT molecular complexity index is 402. The maximum absolute atomic E-state index is 13.5. The summed E-state index contributed by atoms with van der Waals surface area (Å²) in [6.07, 6.45) is 1.97. The van der Waals surface area contributed by atoms with Crippen LogP contribution in [-0.4, -0.2) is 13.1 Å². The fraction of sp³-hybridized carbons (Fsp3) is 0.625. The summed E-state index contributed by atoms with van der Waals surface area (Å²) in [5, 5.41) is 3.47. The zero-order chi connectivity index (χ0) is 14.5. The first-order valence-electron chi connectivity index (χ1n) is 6.95. The van der Waals surface area contributed by atoms with Gasteiger partial charge in [0.15, 0.2) is 0 Å². The van der Waals surface area contributed by atoms with Crippen molar-refractivity contribution in [2.75, 3.05) is 13.1 Å². The highest BCUT2D eigenvalue weighted by molar-refractivity contribution is 9.10. The summed E-state index contributed by atoms with van der Waals surface area (Å²) in [6.45, 7) is 11.0. The average Bonchev–Trinajstić information content (AvgIpc) is 2.30. The molecule has 1 aromatic carbocycles. The lowest BCUT2D eigenvalue weighted by molar-refractivity contribution is 0.321. The SMILES string of the molecule is CC(C)CNCCC(C)(C)Cc1cccc(F)c1Br. The first-order chi connectivity index (χ1) is 8.82. The van der Waals surface area contributed by atoms with Gasteiger partial charge in [0.2, 0.25) is 0 Å². The minimum atomic E-state index is -0.175. The fourth-order valence-corrected chi connectivity index (χ4v) is 2.51. The van der Waals surface area contributed by atoms with Gasteiger partial charge in [0.1, 0.15) is 5.82 Å². The molecule has 0 radical (unpaired) electrons. The summed E-state index contributed by atoms with van der Waals surface area (Å²) in [5.41, 5.74) is 1.22. The Morgan fingerprint density at radius 2 is 2.00 bits per heavy atom. The van der Waals surface area contributed by atoms with Crippen LogP contribution in [0.4, 0.5) is 4.39 Å². The predicted molar refractivity (Wildman–Crippen MR) is 83.9 cm³/mol. The van der Waals surface area contributed by atoms with Gasteiger partial charge in [-0.15, -0.1) is 0 Å². The predicted octanol–water partition coefficient (Wildman–Crippen LogP) is 4.79. The highest BCUT2D eigenvalue weighted by Crippen LogP contribution is 2.30. The van der Waals surface area contributed by atoms with Gasteiger partial charge in [0.05, 0.1) is 4.47 Å². The van der Waals surface area contributed by atoms with Crippen LogP contribution in [0, 0.1) is 17.2 Å². The fourth-order valence-electron chi connectivity index (χ4n) is 2.11. The lowest BCUT2D eigenvalue weighted by atomic mass is 9.82. The second-order valence-corrected chi connectivity index (χ2v) is 7.19. The van der Waals surface area contributed by atoms with Crippen molar-refractivity contribution in [3.63, 3.8) is 0 Å². The number of rotatable bonds is 7. The third kappa shape index (κ3) is 6.05. The molecule has 0 heterocycles. The molecule has 1 aromatic rings. The molecule has 108 valence electrons. The van der Waals surface area contributed by atoms with E-state index in [0.29, 0.717) is 10.4 Å². The Kier molecular flexibility index (Phi) is 6.48. The molecule has 1 nitrogen and oxygen atoms in total. The van der Waals surface area contributed by atoms with Crippen molar-refractivity contribution in [2.24, 2.45) is 11.3 Å². The first-order valence-corrected chi connectivity index (χ1v) is 7.75. The Morgan fingerprint density at radius 1 is 1.32 bits per heavy atom. The van der Waals surface area contributed by atoms with Gasteiger partial charge >= 0.3 is 0 Å². The molecular formula is C16H25BrFN. The maximum Gasteiger partial charge on any atom is 0.137 e. The Hall–Kier alpha value is -0.410. The third-order valence-corrected chi connectivity index (χ3v) is 4.12. The molecule has 0 aromatic heterocycles. The van der Waals surface area contributed by atoms with E-state index >= 15 is 0 Å². The monoisotopic (exact) mass is 329 g/mol. The summed E-state index contributed by atoms with van der Waals surface area (Å²) in [7, 11) is 0. The lowest BCUT2D eigenvalue weighted by Gasteiger charge is -2.26. The van der Waals surface area contributed by atoms with Crippen molar-refractivity contribution in [1.82, 2.24) is 5.32 Å². The number of hydrogen-bond acceptors (Lipinski definition) is 1. The normalized spacial score (nSPS) is 12.2. The molecule has 0 saturated heterocycles. The van der Waals surface area contributed by atoms with E-state index in [1.807, 2.05) is 6.07 Å². The van der Waals surface area contributed by atoms with E-state index in [-0.39, 0.29) is 11.2 Å². The van der Waals surface area contributed by atoms with E-state index in [4.69, 9.17) is 0 Å². The van der Waals surface area contributed by atoms with Crippen molar-refractivity contribution in [2.45, 2.75) is 40.5 Å². The molecular weight excluding hydrogens is 305 g/mol. The molecule has 0 atom stereocenters. The van der Waals surface area contributed by atoms with Gasteiger partial charge < -0.3 is 5.32 Å². The van der Waals surface area contributed by atoms with Crippen LogP contribution in [0.2, 0.25) is 0 Å². The summed E-state index contributed by atoms with van der Waals surface area (Å²) < 4.78 is 14.1. The molecule has 1 rings (SSSR count). The zero-order valence-corrected chi connectivity index (χ0v) is 14.0. The van der Waals surface area contributed by atoms with Gasteiger partial charge in [-0.25, -0.2) is 4.39 Å². The van der Waals surface area contributed by atoms with Crippen molar-refractivity contribution in [3.05, 3.63) is 34.1 Å². The molecule has 0 aliphatic carbocycles. The largest absolute Gasteiger partial charge is 0.316 e. The van der Waals surface area contributed by atoms with E-state index in [0.717, 1.165) is 31.5 Å². The average molecular weight is 330 g/mol. The van der Waals surface area contributed by atoms with Gasteiger partial charge in [-0.05, 0) is 64.8 Å². The van der Waals surface area contributed by atoms with Crippen molar-refractivity contribution >= 4 is 15.9 Å². The van der Waals surface area contributed by atoms with E-state index in [9.17, 15) is 4.39 Å². The van der Waals surface area contributed by atoms with E-state index in [1.54, 1.807) is 6.07 Å². The molecule has 0 fully saturated rings. The van der Waals surface area contributed by atoms with E-state index in [1.165, 1.54) is 6.07 Å². The highest BCUT2D eigenvalue weighted by Gasteiger charge is 2.20. The highest BCUT2D eigenvalue weighted by atomic mass is 79.9. The quantitative estimate of drug-likeness (QED) is 0.709.